The molecule has 0 spiro atoms. The Morgan fingerprint density at radius 2 is 1.90 bits per heavy atom. The standard InChI is InChI=1S/C15H15ClN2O2S/c16-13-6-2-1-5-12(13)15(20)17-8-7-14(19)18-10-11-4-3-9-21-11/h1-6,9H,7-8,10H2,(H,17,20)(H,18,19). The number of carbonyl (C=O) groups is 2. The minimum Gasteiger partial charge on any atom is -0.351 e. The molecule has 21 heavy (non-hydrogen) atoms. The van der Waals surface area contributed by atoms with Crippen molar-refractivity contribution in [1.82, 2.24) is 10.6 Å². The van der Waals surface area contributed by atoms with Crippen LogP contribution in [0.25, 0.3) is 0 Å². The van der Waals surface area contributed by atoms with E-state index in [0.717, 1.165) is 4.88 Å². The Balaban J connectivity index is 1.70. The number of thiophene rings is 1. The molecule has 0 aliphatic rings. The van der Waals surface area contributed by atoms with Crippen LogP contribution in [0.1, 0.15) is 21.7 Å². The lowest BCUT2D eigenvalue weighted by Gasteiger charge is -2.07. The van der Waals surface area contributed by atoms with Crippen LogP contribution >= 0.6 is 22.9 Å². The molecule has 0 atom stereocenters. The van der Waals surface area contributed by atoms with E-state index in [2.05, 4.69) is 10.6 Å². The molecule has 1 aromatic heterocycles. The van der Waals surface area contributed by atoms with Crippen LogP contribution in [-0.2, 0) is 11.3 Å². The average molecular weight is 323 g/mol. The highest BCUT2D eigenvalue weighted by Crippen LogP contribution is 2.14. The first kappa shape index (κ1) is 15.5. The molecule has 1 aromatic carbocycles. The van der Waals surface area contributed by atoms with Crippen LogP contribution in [-0.4, -0.2) is 18.4 Å². The topological polar surface area (TPSA) is 58.2 Å². The van der Waals surface area contributed by atoms with Gasteiger partial charge in [-0.05, 0) is 23.6 Å². The fourth-order valence-electron chi connectivity index (χ4n) is 1.72. The highest BCUT2D eigenvalue weighted by Gasteiger charge is 2.09. The third-order valence-electron chi connectivity index (χ3n) is 2.80. The van der Waals surface area contributed by atoms with Gasteiger partial charge >= 0.3 is 0 Å². The molecule has 1 heterocycles. The molecule has 0 saturated heterocycles. The van der Waals surface area contributed by atoms with Crippen LogP contribution in [0.5, 0.6) is 0 Å². The largest absolute Gasteiger partial charge is 0.351 e. The van der Waals surface area contributed by atoms with Gasteiger partial charge < -0.3 is 10.6 Å². The molecule has 0 bridgehead atoms. The van der Waals surface area contributed by atoms with Gasteiger partial charge in [0.15, 0.2) is 0 Å². The van der Waals surface area contributed by atoms with Gasteiger partial charge in [-0.25, -0.2) is 0 Å². The van der Waals surface area contributed by atoms with Gasteiger partial charge in [0, 0.05) is 17.8 Å². The monoisotopic (exact) mass is 322 g/mol. The van der Waals surface area contributed by atoms with E-state index in [1.807, 2.05) is 17.5 Å². The molecule has 0 unspecified atom stereocenters. The molecule has 0 fully saturated rings. The van der Waals surface area contributed by atoms with Crippen molar-refractivity contribution in [2.24, 2.45) is 0 Å². The van der Waals surface area contributed by atoms with Crippen molar-refractivity contribution in [1.29, 1.82) is 0 Å². The predicted molar refractivity (Wildman–Crippen MR) is 84.6 cm³/mol. The number of hydrogen-bond acceptors (Lipinski definition) is 3. The maximum atomic E-state index is 11.9. The molecule has 2 amide bonds. The van der Waals surface area contributed by atoms with Gasteiger partial charge in [0.05, 0.1) is 17.1 Å². The number of benzene rings is 1. The summed E-state index contributed by atoms with van der Waals surface area (Å²) in [5.74, 6) is -0.366. The Hall–Kier alpha value is -1.85. The molecule has 0 aliphatic heterocycles. The maximum Gasteiger partial charge on any atom is 0.252 e. The summed E-state index contributed by atoms with van der Waals surface area (Å²) < 4.78 is 0. The van der Waals surface area contributed by atoms with Gasteiger partial charge in [-0.3, -0.25) is 9.59 Å². The normalized spacial score (nSPS) is 10.1. The molecule has 2 aromatic rings. The summed E-state index contributed by atoms with van der Waals surface area (Å²) in [6.45, 7) is 0.801. The number of halogens is 1. The zero-order chi connectivity index (χ0) is 15.1. The first-order valence-electron chi connectivity index (χ1n) is 6.48. The fourth-order valence-corrected chi connectivity index (χ4v) is 2.58. The Kier molecular flexibility index (Phi) is 5.78. The second-order valence-electron chi connectivity index (χ2n) is 4.34. The van der Waals surface area contributed by atoms with Crippen molar-refractivity contribution in [2.45, 2.75) is 13.0 Å². The SMILES string of the molecule is O=C(CCNC(=O)c1ccccc1Cl)NCc1cccs1. The number of rotatable bonds is 6. The van der Waals surface area contributed by atoms with Crippen molar-refractivity contribution in [2.75, 3.05) is 6.54 Å². The van der Waals surface area contributed by atoms with Gasteiger partial charge in [0.1, 0.15) is 0 Å². The Morgan fingerprint density at radius 3 is 2.62 bits per heavy atom. The molecule has 0 saturated carbocycles. The summed E-state index contributed by atoms with van der Waals surface area (Å²) in [4.78, 5) is 24.6. The van der Waals surface area contributed by atoms with Gasteiger partial charge in [-0.1, -0.05) is 29.8 Å². The van der Waals surface area contributed by atoms with Crippen LogP contribution in [0.15, 0.2) is 41.8 Å². The van der Waals surface area contributed by atoms with Crippen LogP contribution < -0.4 is 10.6 Å². The number of amides is 2. The second-order valence-corrected chi connectivity index (χ2v) is 5.78. The zero-order valence-corrected chi connectivity index (χ0v) is 12.8. The summed E-state index contributed by atoms with van der Waals surface area (Å²) in [6.07, 6.45) is 0.238. The van der Waals surface area contributed by atoms with E-state index in [0.29, 0.717) is 17.1 Å². The van der Waals surface area contributed by atoms with E-state index in [-0.39, 0.29) is 24.8 Å². The van der Waals surface area contributed by atoms with Gasteiger partial charge in [-0.15, -0.1) is 11.3 Å². The molecule has 0 aliphatic carbocycles. The third-order valence-corrected chi connectivity index (χ3v) is 4.00. The van der Waals surface area contributed by atoms with Crippen molar-refractivity contribution in [3.05, 3.63) is 57.2 Å². The summed E-state index contributed by atoms with van der Waals surface area (Å²) in [5, 5.41) is 7.85. The van der Waals surface area contributed by atoms with E-state index >= 15 is 0 Å². The second kappa shape index (κ2) is 7.81. The first-order valence-corrected chi connectivity index (χ1v) is 7.74. The number of hydrogen-bond donors (Lipinski definition) is 2. The number of nitrogens with one attached hydrogen (secondary N) is 2. The smallest absolute Gasteiger partial charge is 0.252 e. The molecule has 6 heteroatoms. The minimum atomic E-state index is -0.272. The molecular weight excluding hydrogens is 308 g/mol. The van der Waals surface area contributed by atoms with E-state index in [9.17, 15) is 9.59 Å². The lowest BCUT2D eigenvalue weighted by Crippen LogP contribution is -2.30. The first-order chi connectivity index (χ1) is 10.2. The zero-order valence-electron chi connectivity index (χ0n) is 11.3. The lowest BCUT2D eigenvalue weighted by molar-refractivity contribution is -0.121. The van der Waals surface area contributed by atoms with Crippen molar-refractivity contribution in [3.63, 3.8) is 0 Å². The van der Waals surface area contributed by atoms with E-state index in [1.165, 1.54) is 0 Å². The molecule has 2 rings (SSSR count). The molecule has 0 radical (unpaired) electrons. The van der Waals surface area contributed by atoms with Crippen LogP contribution in [0.3, 0.4) is 0 Å². The summed E-state index contributed by atoms with van der Waals surface area (Å²) in [6, 6.07) is 10.7. The van der Waals surface area contributed by atoms with Crippen molar-refractivity contribution < 1.29 is 9.59 Å². The Bertz CT molecular complexity index is 614. The molecule has 4 nitrogen and oxygen atoms in total. The molecular formula is C15H15ClN2O2S. The minimum absolute atomic E-state index is 0.0946. The van der Waals surface area contributed by atoms with Gasteiger partial charge in [0.25, 0.3) is 5.91 Å². The highest BCUT2D eigenvalue weighted by molar-refractivity contribution is 7.09. The van der Waals surface area contributed by atoms with Crippen molar-refractivity contribution >= 4 is 34.8 Å². The van der Waals surface area contributed by atoms with Crippen LogP contribution in [0.2, 0.25) is 5.02 Å². The van der Waals surface area contributed by atoms with Crippen LogP contribution in [0, 0.1) is 0 Å². The molecule has 2 N–H and O–H groups in total. The Labute approximate surface area is 132 Å². The third kappa shape index (κ3) is 4.88. The lowest BCUT2D eigenvalue weighted by atomic mass is 10.2. The van der Waals surface area contributed by atoms with E-state index in [4.69, 9.17) is 11.6 Å². The predicted octanol–water partition coefficient (Wildman–Crippen LogP) is 2.84. The fraction of sp³-hybridized carbons (Fsp3) is 0.200. The summed E-state index contributed by atoms with van der Waals surface area (Å²) in [5.41, 5.74) is 0.415. The Morgan fingerprint density at radius 1 is 1.10 bits per heavy atom. The van der Waals surface area contributed by atoms with Crippen molar-refractivity contribution in [3.8, 4) is 0 Å². The van der Waals surface area contributed by atoms with E-state index < -0.39 is 0 Å². The van der Waals surface area contributed by atoms with E-state index in [1.54, 1.807) is 35.6 Å². The quantitative estimate of drug-likeness (QED) is 0.859. The average Bonchev–Trinajstić information content (AvgIpc) is 2.99. The highest BCUT2D eigenvalue weighted by atomic mass is 35.5. The summed E-state index contributed by atoms with van der Waals surface area (Å²) in [7, 11) is 0. The summed E-state index contributed by atoms with van der Waals surface area (Å²) >= 11 is 7.52. The number of carbonyl (C=O) groups excluding carboxylic acids is 2. The maximum absolute atomic E-state index is 11.9. The van der Waals surface area contributed by atoms with Gasteiger partial charge in [0.2, 0.25) is 5.91 Å². The molecule has 110 valence electrons. The van der Waals surface area contributed by atoms with Crippen LogP contribution in [0.4, 0.5) is 0 Å². The van der Waals surface area contributed by atoms with Gasteiger partial charge in [-0.2, -0.15) is 0 Å².